The SMILES string of the molecule is N#CC(c1ccc(Cl)c(Cl)c1)c1c(Cl)cc([N+](=O)[O-])cc1Cl. The van der Waals surface area contributed by atoms with Crippen molar-refractivity contribution in [1.29, 1.82) is 5.26 Å². The normalized spacial score (nSPS) is 11.8. The molecule has 8 heteroatoms. The molecule has 22 heavy (non-hydrogen) atoms. The smallest absolute Gasteiger partial charge is 0.258 e. The van der Waals surface area contributed by atoms with Crippen molar-refractivity contribution >= 4 is 52.1 Å². The number of nitriles is 1. The minimum Gasteiger partial charge on any atom is -0.258 e. The van der Waals surface area contributed by atoms with E-state index in [0.717, 1.165) is 12.1 Å². The molecule has 0 aliphatic heterocycles. The molecule has 0 spiro atoms. The zero-order valence-electron chi connectivity index (χ0n) is 10.7. The van der Waals surface area contributed by atoms with Crippen LogP contribution in [0.15, 0.2) is 30.3 Å². The monoisotopic (exact) mass is 374 g/mol. The molecule has 0 aliphatic carbocycles. The molecule has 4 nitrogen and oxygen atoms in total. The van der Waals surface area contributed by atoms with Crippen molar-refractivity contribution in [2.24, 2.45) is 0 Å². The third-order valence-corrected chi connectivity index (χ3v) is 4.33. The standard InChI is InChI=1S/C14H6Cl4N2O2/c15-10-2-1-7(3-11(10)16)9(6-19)14-12(17)4-8(20(21)22)5-13(14)18/h1-5,9H. The van der Waals surface area contributed by atoms with Gasteiger partial charge in [0.05, 0.1) is 37.0 Å². The second-order valence-corrected chi connectivity index (χ2v) is 5.94. The van der Waals surface area contributed by atoms with Crippen LogP contribution in [0, 0.1) is 21.4 Å². The molecule has 2 aromatic carbocycles. The topological polar surface area (TPSA) is 66.9 Å². The van der Waals surface area contributed by atoms with E-state index in [1.165, 1.54) is 6.07 Å². The van der Waals surface area contributed by atoms with E-state index in [0.29, 0.717) is 10.6 Å². The Bertz CT molecular complexity index is 779. The van der Waals surface area contributed by atoms with Gasteiger partial charge in [0, 0.05) is 17.7 Å². The lowest BCUT2D eigenvalue weighted by molar-refractivity contribution is -0.384. The van der Waals surface area contributed by atoms with Crippen LogP contribution in [0.25, 0.3) is 0 Å². The third-order valence-electron chi connectivity index (χ3n) is 2.97. The Morgan fingerprint density at radius 2 is 1.59 bits per heavy atom. The van der Waals surface area contributed by atoms with E-state index in [9.17, 15) is 15.4 Å². The molecule has 0 aliphatic rings. The fraction of sp³-hybridized carbons (Fsp3) is 0.0714. The van der Waals surface area contributed by atoms with Gasteiger partial charge in [0.25, 0.3) is 5.69 Å². The number of nitrogens with zero attached hydrogens (tertiary/aromatic N) is 2. The zero-order chi connectivity index (χ0) is 16.4. The lowest BCUT2D eigenvalue weighted by Gasteiger charge is -2.14. The van der Waals surface area contributed by atoms with Crippen LogP contribution in [0.2, 0.25) is 20.1 Å². The summed E-state index contributed by atoms with van der Waals surface area (Å²) in [5, 5.41) is 21.0. The predicted octanol–water partition coefficient (Wildman–Crippen LogP) is 5.86. The second kappa shape index (κ2) is 6.72. The van der Waals surface area contributed by atoms with Crippen LogP contribution in [-0.4, -0.2) is 4.92 Å². The van der Waals surface area contributed by atoms with Crippen molar-refractivity contribution in [3.63, 3.8) is 0 Å². The van der Waals surface area contributed by atoms with Crippen LogP contribution in [0.3, 0.4) is 0 Å². The summed E-state index contributed by atoms with van der Waals surface area (Å²) < 4.78 is 0. The lowest BCUT2D eigenvalue weighted by atomic mass is 9.92. The first-order chi connectivity index (χ1) is 10.3. The van der Waals surface area contributed by atoms with Gasteiger partial charge in [0.2, 0.25) is 0 Å². The number of benzene rings is 2. The number of halogens is 4. The molecule has 2 rings (SSSR count). The van der Waals surface area contributed by atoms with E-state index in [1.807, 2.05) is 0 Å². The predicted molar refractivity (Wildman–Crippen MR) is 87.0 cm³/mol. The van der Waals surface area contributed by atoms with Gasteiger partial charge in [0.1, 0.15) is 0 Å². The number of nitro groups is 1. The Balaban J connectivity index is 2.59. The molecule has 0 saturated carbocycles. The fourth-order valence-electron chi connectivity index (χ4n) is 1.95. The minimum absolute atomic E-state index is 0.0387. The third kappa shape index (κ3) is 3.29. The molecule has 0 radical (unpaired) electrons. The first-order valence-corrected chi connectivity index (χ1v) is 7.34. The van der Waals surface area contributed by atoms with E-state index >= 15 is 0 Å². The van der Waals surface area contributed by atoms with Gasteiger partial charge < -0.3 is 0 Å². The summed E-state index contributed by atoms with van der Waals surface area (Å²) in [6, 6.07) is 9.09. The molecular formula is C14H6Cl4N2O2. The molecule has 2 aromatic rings. The van der Waals surface area contributed by atoms with Gasteiger partial charge in [-0.15, -0.1) is 0 Å². The van der Waals surface area contributed by atoms with Crippen molar-refractivity contribution in [2.45, 2.75) is 5.92 Å². The Hall–Kier alpha value is -1.51. The van der Waals surface area contributed by atoms with Gasteiger partial charge in [-0.05, 0) is 17.7 Å². The van der Waals surface area contributed by atoms with Gasteiger partial charge in [-0.1, -0.05) is 52.5 Å². The molecule has 0 bridgehead atoms. The largest absolute Gasteiger partial charge is 0.272 e. The zero-order valence-corrected chi connectivity index (χ0v) is 13.7. The van der Waals surface area contributed by atoms with Crippen molar-refractivity contribution in [1.82, 2.24) is 0 Å². The average Bonchev–Trinajstić information content (AvgIpc) is 2.45. The van der Waals surface area contributed by atoms with Gasteiger partial charge in [-0.3, -0.25) is 10.1 Å². The molecule has 0 heterocycles. The molecular weight excluding hydrogens is 370 g/mol. The molecule has 1 unspecified atom stereocenters. The number of nitro benzene ring substituents is 1. The van der Waals surface area contributed by atoms with E-state index in [1.54, 1.807) is 12.1 Å². The lowest BCUT2D eigenvalue weighted by Crippen LogP contribution is -2.02. The van der Waals surface area contributed by atoms with Crippen molar-refractivity contribution in [3.05, 3.63) is 71.7 Å². The van der Waals surface area contributed by atoms with Crippen molar-refractivity contribution in [3.8, 4) is 6.07 Å². The summed E-state index contributed by atoms with van der Waals surface area (Å²) in [6.07, 6.45) is 0. The van der Waals surface area contributed by atoms with E-state index in [-0.39, 0.29) is 26.3 Å². The minimum atomic E-state index is -0.824. The van der Waals surface area contributed by atoms with Crippen molar-refractivity contribution < 1.29 is 4.92 Å². The van der Waals surface area contributed by atoms with Crippen LogP contribution in [0.1, 0.15) is 17.0 Å². The van der Waals surface area contributed by atoms with E-state index < -0.39 is 10.8 Å². The highest BCUT2D eigenvalue weighted by Gasteiger charge is 2.23. The number of non-ortho nitro benzene ring substituents is 1. The Morgan fingerprint density at radius 1 is 1.00 bits per heavy atom. The molecule has 1 atom stereocenters. The van der Waals surface area contributed by atoms with Gasteiger partial charge in [0.15, 0.2) is 0 Å². The first-order valence-electron chi connectivity index (χ1n) is 5.83. The second-order valence-electron chi connectivity index (χ2n) is 4.32. The number of rotatable bonds is 3. The highest BCUT2D eigenvalue weighted by Crippen LogP contribution is 2.39. The maximum atomic E-state index is 10.8. The maximum absolute atomic E-state index is 10.8. The quantitative estimate of drug-likeness (QED) is 0.498. The Kier molecular flexibility index (Phi) is 5.15. The molecule has 0 N–H and O–H groups in total. The van der Waals surface area contributed by atoms with Crippen LogP contribution in [0.4, 0.5) is 5.69 Å². The van der Waals surface area contributed by atoms with Gasteiger partial charge in [-0.2, -0.15) is 5.26 Å². The summed E-state index contributed by atoms with van der Waals surface area (Å²) in [5.74, 6) is -0.824. The molecule has 112 valence electrons. The maximum Gasteiger partial charge on any atom is 0.272 e. The van der Waals surface area contributed by atoms with Crippen LogP contribution < -0.4 is 0 Å². The van der Waals surface area contributed by atoms with Gasteiger partial charge >= 0.3 is 0 Å². The number of hydrogen-bond donors (Lipinski definition) is 0. The van der Waals surface area contributed by atoms with Crippen LogP contribution >= 0.6 is 46.4 Å². The highest BCUT2D eigenvalue weighted by atomic mass is 35.5. The molecule has 0 amide bonds. The summed E-state index contributed by atoms with van der Waals surface area (Å²) >= 11 is 24.0. The summed E-state index contributed by atoms with van der Waals surface area (Å²) in [4.78, 5) is 10.2. The molecule has 0 aromatic heterocycles. The Labute approximate surface area is 145 Å². The van der Waals surface area contributed by atoms with Crippen molar-refractivity contribution in [2.75, 3.05) is 0 Å². The summed E-state index contributed by atoms with van der Waals surface area (Å²) in [5.41, 5.74) is 0.578. The summed E-state index contributed by atoms with van der Waals surface area (Å²) in [7, 11) is 0. The first kappa shape index (κ1) is 16.9. The van der Waals surface area contributed by atoms with Crippen LogP contribution in [-0.2, 0) is 0 Å². The van der Waals surface area contributed by atoms with E-state index in [2.05, 4.69) is 6.07 Å². The average molecular weight is 376 g/mol. The molecule has 0 saturated heterocycles. The number of hydrogen-bond acceptors (Lipinski definition) is 3. The van der Waals surface area contributed by atoms with Gasteiger partial charge in [-0.25, -0.2) is 0 Å². The highest BCUT2D eigenvalue weighted by molar-refractivity contribution is 6.42. The van der Waals surface area contributed by atoms with E-state index in [4.69, 9.17) is 46.4 Å². The fourth-order valence-corrected chi connectivity index (χ4v) is 2.95. The van der Waals surface area contributed by atoms with Crippen LogP contribution in [0.5, 0.6) is 0 Å². The Morgan fingerprint density at radius 3 is 2.05 bits per heavy atom. The molecule has 0 fully saturated rings. The summed E-state index contributed by atoms with van der Waals surface area (Å²) in [6.45, 7) is 0.